The summed E-state index contributed by atoms with van der Waals surface area (Å²) in [7, 11) is 0. The summed E-state index contributed by atoms with van der Waals surface area (Å²) in [6, 6.07) is 6.14. The number of piperazine rings is 1. The number of likely N-dealkylation sites (N-methyl/N-ethyl adjacent to an activating group) is 1. The van der Waals surface area contributed by atoms with Gasteiger partial charge in [-0.1, -0.05) is 12.1 Å². The molecular formula is C15H24FN3O+2. The van der Waals surface area contributed by atoms with Gasteiger partial charge in [-0.25, -0.2) is 4.39 Å². The van der Waals surface area contributed by atoms with Gasteiger partial charge in [-0.05, 0) is 26.0 Å². The molecule has 0 unspecified atom stereocenters. The van der Waals surface area contributed by atoms with E-state index in [0.29, 0.717) is 0 Å². The molecule has 1 saturated heterocycles. The van der Waals surface area contributed by atoms with Crippen LogP contribution in [0.1, 0.15) is 13.8 Å². The smallest absolute Gasteiger partial charge is 0.282 e. The first kappa shape index (κ1) is 14.9. The minimum Gasteiger partial charge on any atom is -0.326 e. The SMILES string of the molecule is CC[NH+]1CC[NH+]([C@H](C)C(=O)Nc2ccccc2F)CC1. The van der Waals surface area contributed by atoms with E-state index in [1.165, 1.54) is 11.0 Å². The Bertz CT molecular complexity index is 458. The minimum atomic E-state index is -0.386. The molecule has 2 rings (SSSR count). The van der Waals surface area contributed by atoms with Crippen molar-refractivity contribution in [1.29, 1.82) is 0 Å². The number of anilines is 1. The molecule has 1 aliphatic heterocycles. The predicted octanol–water partition coefficient (Wildman–Crippen LogP) is -1.04. The normalized spacial score (nSPS) is 24.1. The summed E-state index contributed by atoms with van der Waals surface area (Å²) >= 11 is 0. The van der Waals surface area contributed by atoms with Crippen LogP contribution in [0.3, 0.4) is 0 Å². The molecular weight excluding hydrogens is 257 g/mol. The summed E-state index contributed by atoms with van der Waals surface area (Å²) in [6.45, 7) is 9.44. The van der Waals surface area contributed by atoms with E-state index in [9.17, 15) is 9.18 Å². The molecule has 1 amide bonds. The van der Waals surface area contributed by atoms with E-state index in [4.69, 9.17) is 0 Å². The van der Waals surface area contributed by atoms with Gasteiger partial charge in [0.1, 0.15) is 32.0 Å². The lowest BCUT2D eigenvalue weighted by molar-refractivity contribution is -1.02. The molecule has 1 heterocycles. The summed E-state index contributed by atoms with van der Waals surface area (Å²) in [5, 5.41) is 2.69. The number of carbonyl (C=O) groups is 1. The number of para-hydroxylation sites is 1. The summed E-state index contributed by atoms with van der Waals surface area (Å²) in [6.07, 6.45) is 0. The van der Waals surface area contributed by atoms with Gasteiger partial charge >= 0.3 is 0 Å². The Balaban J connectivity index is 1.91. The Morgan fingerprint density at radius 2 is 1.95 bits per heavy atom. The second-order valence-electron chi connectivity index (χ2n) is 5.45. The van der Waals surface area contributed by atoms with Crippen LogP contribution in [-0.4, -0.2) is 44.7 Å². The van der Waals surface area contributed by atoms with E-state index in [2.05, 4.69) is 12.2 Å². The van der Waals surface area contributed by atoms with Crippen molar-refractivity contribution in [1.82, 2.24) is 0 Å². The van der Waals surface area contributed by atoms with Crippen molar-refractivity contribution in [2.75, 3.05) is 38.0 Å². The fourth-order valence-electron chi connectivity index (χ4n) is 2.70. The molecule has 5 heteroatoms. The molecule has 0 radical (unpaired) electrons. The summed E-state index contributed by atoms with van der Waals surface area (Å²) < 4.78 is 13.5. The molecule has 0 saturated carbocycles. The van der Waals surface area contributed by atoms with Gasteiger partial charge in [-0.2, -0.15) is 0 Å². The number of hydrogen-bond donors (Lipinski definition) is 3. The second kappa shape index (κ2) is 6.81. The van der Waals surface area contributed by atoms with Gasteiger partial charge in [-0.3, -0.25) is 4.79 Å². The third-order valence-electron chi connectivity index (χ3n) is 4.24. The number of amides is 1. The standard InChI is InChI=1S/C15H22FN3O/c1-3-18-8-10-19(11-9-18)12(2)15(20)17-14-7-5-4-6-13(14)16/h4-7,12H,3,8-11H2,1-2H3,(H,17,20)/p+2/t12-/m1/s1. The molecule has 0 aromatic heterocycles. The third-order valence-corrected chi connectivity index (χ3v) is 4.24. The van der Waals surface area contributed by atoms with E-state index in [1.54, 1.807) is 23.1 Å². The molecule has 0 spiro atoms. The molecule has 110 valence electrons. The van der Waals surface area contributed by atoms with E-state index in [-0.39, 0.29) is 23.5 Å². The van der Waals surface area contributed by atoms with Gasteiger partial charge in [0.2, 0.25) is 0 Å². The van der Waals surface area contributed by atoms with Gasteiger partial charge in [-0.15, -0.1) is 0 Å². The summed E-state index contributed by atoms with van der Waals surface area (Å²) in [4.78, 5) is 15.1. The average Bonchev–Trinajstić information content (AvgIpc) is 2.49. The van der Waals surface area contributed by atoms with Crippen molar-refractivity contribution in [2.24, 2.45) is 0 Å². The second-order valence-corrected chi connectivity index (χ2v) is 5.45. The third kappa shape index (κ3) is 3.55. The predicted molar refractivity (Wildman–Crippen MR) is 76.4 cm³/mol. The zero-order valence-corrected chi connectivity index (χ0v) is 12.2. The van der Waals surface area contributed by atoms with Gasteiger partial charge in [0.15, 0.2) is 6.04 Å². The van der Waals surface area contributed by atoms with Crippen molar-refractivity contribution in [3.63, 3.8) is 0 Å². The van der Waals surface area contributed by atoms with Crippen LogP contribution in [0.5, 0.6) is 0 Å². The lowest BCUT2D eigenvalue weighted by Crippen LogP contribution is -3.29. The first-order valence-electron chi connectivity index (χ1n) is 7.35. The topological polar surface area (TPSA) is 38.0 Å². The highest BCUT2D eigenvalue weighted by atomic mass is 19.1. The van der Waals surface area contributed by atoms with Crippen molar-refractivity contribution in [3.05, 3.63) is 30.1 Å². The van der Waals surface area contributed by atoms with Crippen LogP contribution in [0.4, 0.5) is 10.1 Å². The molecule has 20 heavy (non-hydrogen) atoms. The van der Waals surface area contributed by atoms with Crippen molar-refractivity contribution >= 4 is 11.6 Å². The van der Waals surface area contributed by atoms with E-state index in [0.717, 1.165) is 32.7 Å². The maximum Gasteiger partial charge on any atom is 0.282 e. The van der Waals surface area contributed by atoms with Crippen LogP contribution >= 0.6 is 0 Å². The van der Waals surface area contributed by atoms with Gasteiger partial charge < -0.3 is 15.1 Å². The zero-order chi connectivity index (χ0) is 14.5. The average molecular weight is 281 g/mol. The van der Waals surface area contributed by atoms with Crippen molar-refractivity contribution in [3.8, 4) is 0 Å². The van der Waals surface area contributed by atoms with Gasteiger partial charge in [0.05, 0.1) is 12.2 Å². The highest BCUT2D eigenvalue weighted by Gasteiger charge is 2.30. The van der Waals surface area contributed by atoms with Crippen LogP contribution < -0.4 is 15.1 Å². The van der Waals surface area contributed by atoms with Gasteiger partial charge in [0.25, 0.3) is 5.91 Å². The quantitative estimate of drug-likeness (QED) is 0.648. The number of rotatable bonds is 4. The van der Waals surface area contributed by atoms with Crippen LogP contribution in [0.15, 0.2) is 24.3 Å². The van der Waals surface area contributed by atoms with E-state index >= 15 is 0 Å². The first-order chi connectivity index (χ1) is 9.61. The number of halogens is 1. The van der Waals surface area contributed by atoms with Crippen LogP contribution in [-0.2, 0) is 4.79 Å². The number of nitrogens with one attached hydrogen (secondary N) is 3. The Morgan fingerprint density at radius 3 is 2.55 bits per heavy atom. The highest BCUT2D eigenvalue weighted by molar-refractivity contribution is 5.93. The van der Waals surface area contributed by atoms with Crippen LogP contribution in [0, 0.1) is 5.82 Å². The Morgan fingerprint density at radius 1 is 1.30 bits per heavy atom. The molecule has 0 aliphatic carbocycles. The monoisotopic (exact) mass is 281 g/mol. The van der Waals surface area contributed by atoms with Crippen molar-refractivity contribution in [2.45, 2.75) is 19.9 Å². The molecule has 1 aliphatic rings. The lowest BCUT2D eigenvalue weighted by atomic mass is 10.2. The minimum absolute atomic E-state index is 0.106. The van der Waals surface area contributed by atoms with E-state index in [1.807, 2.05) is 6.92 Å². The van der Waals surface area contributed by atoms with Gasteiger partial charge in [0, 0.05) is 0 Å². The fourth-order valence-corrected chi connectivity index (χ4v) is 2.70. The number of quaternary nitrogens is 2. The highest BCUT2D eigenvalue weighted by Crippen LogP contribution is 2.12. The fraction of sp³-hybridized carbons (Fsp3) is 0.533. The molecule has 1 aromatic carbocycles. The number of carbonyl (C=O) groups excluding carboxylic acids is 1. The maximum absolute atomic E-state index is 13.5. The Kier molecular flexibility index (Phi) is 5.09. The molecule has 0 bridgehead atoms. The molecule has 1 aromatic rings. The molecule has 1 fully saturated rings. The lowest BCUT2D eigenvalue weighted by Gasteiger charge is -2.32. The van der Waals surface area contributed by atoms with Crippen LogP contribution in [0.2, 0.25) is 0 Å². The Labute approximate surface area is 119 Å². The van der Waals surface area contributed by atoms with E-state index < -0.39 is 0 Å². The van der Waals surface area contributed by atoms with Crippen molar-refractivity contribution < 1.29 is 19.0 Å². The molecule has 4 nitrogen and oxygen atoms in total. The number of benzene rings is 1. The summed E-state index contributed by atoms with van der Waals surface area (Å²) in [5.74, 6) is -0.492. The maximum atomic E-state index is 13.5. The largest absolute Gasteiger partial charge is 0.326 e. The summed E-state index contributed by atoms with van der Waals surface area (Å²) in [5.41, 5.74) is 0.265. The van der Waals surface area contributed by atoms with Crippen LogP contribution in [0.25, 0.3) is 0 Å². The first-order valence-corrected chi connectivity index (χ1v) is 7.35. The molecule has 1 atom stereocenters. The Hall–Kier alpha value is -1.46. The molecule has 3 N–H and O–H groups in total. The zero-order valence-electron chi connectivity index (χ0n) is 12.2. The number of hydrogen-bond acceptors (Lipinski definition) is 1.